The van der Waals surface area contributed by atoms with Crippen molar-refractivity contribution >= 4 is 28.1 Å². The lowest BCUT2D eigenvalue weighted by molar-refractivity contribution is -0.192. The van der Waals surface area contributed by atoms with Gasteiger partial charge in [0.05, 0.1) is 36.0 Å². The van der Waals surface area contributed by atoms with Gasteiger partial charge in [-0.05, 0) is 18.6 Å². The van der Waals surface area contributed by atoms with Gasteiger partial charge in [-0.1, -0.05) is 17.4 Å². The van der Waals surface area contributed by atoms with Crippen LogP contribution in [0.25, 0.3) is 10.9 Å². The Kier molecular flexibility index (Phi) is 7.15. The lowest BCUT2D eigenvalue weighted by Crippen LogP contribution is -2.47. The largest absolute Gasteiger partial charge is 0.460 e. The third-order valence-corrected chi connectivity index (χ3v) is 7.11. The van der Waals surface area contributed by atoms with E-state index < -0.39 is 12.8 Å². The first-order valence-electron chi connectivity index (χ1n) is 11.6. The summed E-state index contributed by atoms with van der Waals surface area (Å²) in [5, 5.41) is 8.15. The van der Waals surface area contributed by atoms with E-state index >= 15 is 0 Å². The van der Waals surface area contributed by atoms with Crippen molar-refractivity contribution in [2.24, 2.45) is 7.05 Å². The zero-order chi connectivity index (χ0) is 25.3. The van der Waals surface area contributed by atoms with E-state index in [1.54, 1.807) is 16.8 Å². The molecule has 0 radical (unpaired) electrons. The molecule has 1 amide bonds. The summed E-state index contributed by atoms with van der Waals surface area (Å²) >= 11 is 1.18. The highest BCUT2D eigenvalue weighted by Gasteiger charge is 2.30. The maximum absolute atomic E-state index is 12.8. The topological polar surface area (TPSA) is 90.7 Å². The molecule has 0 bridgehead atoms. The first-order valence-corrected chi connectivity index (χ1v) is 12.4. The monoisotopic (exact) mass is 525 g/mol. The number of thiazole rings is 1. The van der Waals surface area contributed by atoms with Crippen molar-refractivity contribution in [1.29, 1.82) is 0 Å². The molecular formula is C23H26F3N5O4S. The molecule has 2 aromatic heterocycles. The number of nitrogens with zero attached hydrogens (tertiary/aromatic N) is 4. The van der Waals surface area contributed by atoms with E-state index in [0.717, 1.165) is 28.0 Å². The Balaban J connectivity index is 1.06. The second-order valence-electron chi connectivity index (χ2n) is 8.88. The zero-order valence-electron chi connectivity index (χ0n) is 19.6. The van der Waals surface area contributed by atoms with Crippen molar-refractivity contribution in [2.75, 3.05) is 32.9 Å². The number of carbonyl (C=O) groups excluding carboxylic acids is 1. The second-order valence-corrected chi connectivity index (χ2v) is 9.92. The summed E-state index contributed by atoms with van der Waals surface area (Å²) in [5.41, 5.74) is 2.08. The van der Waals surface area contributed by atoms with Gasteiger partial charge in [0, 0.05) is 49.6 Å². The van der Waals surface area contributed by atoms with Gasteiger partial charge in [-0.3, -0.25) is 14.4 Å². The third-order valence-electron chi connectivity index (χ3n) is 6.04. The molecule has 0 atom stereocenters. The highest BCUT2D eigenvalue weighted by atomic mass is 32.1. The number of halogens is 3. The molecule has 1 aromatic carbocycles. The van der Waals surface area contributed by atoms with Crippen LogP contribution in [-0.4, -0.2) is 77.0 Å². The smallest absolute Gasteiger partial charge is 0.422 e. The summed E-state index contributed by atoms with van der Waals surface area (Å²) in [7, 11) is 1.81. The van der Waals surface area contributed by atoms with E-state index in [-0.39, 0.29) is 23.4 Å². The van der Waals surface area contributed by atoms with Gasteiger partial charge in [-0.15, -0.1) is 0 Å². The van der Waals surface area contributed by atoms with E-state index in [2.05, 4.69) is 20.3 Å². The molecule has 194 valence electrons. The molecule has 2 aliphatic rings. The normalized spacial score (nSPS) is 20.9. The lowest BCUT2D eigenvalue weighted by atomic mass is 10.1. The molecule has 3 aromatic rings. The van der Waals surface area contributed by atoms with Gasteiger partial charge in [-0.2, -0.15) is 18.3 Å². The molecule has 36 heavy (non-hydrogen) atoms. The third kappa shape index (κ3) is 5.97. The van der Waals surface area contributed by atoms with E-state index in [1.165, 1.54) is 11.3 Å². The molecule has 0 aliphatic carbocycles. The quantitative estimate of drug-likeness (QED) is 0.507. The second kappa shape index (κ2) is 10.3. The van der Waals surface area contributed by atoms with Crippen LogP contribution >= 0.6 is 11.3 Å². The van der Waals surface area contributed by atoms with Gasteiger partial charge in [0.1, 0.15) is 0 Å². The molecule has 1 saturated heterocycles. The number of benzene rings is 1. The van der Waals surface area contributed by atoms with Gasteiger partial charge >= 0.3 is 6.18 Å². The fourth-order valence-electron chi connectivity index (χ4n) is 4.33. The van der Waals surface area contributed by atoms with Crippen LogP contribution in [0.3, 0.4) is 0 Å². The molecule has 0 unspecified atom stereocenters. The minimum Gasteiger partial charge on any atom is -0.460 e. The van der Waals surface area contributed by atoms with Gasteiger partial charge in [0.25, 0.3) is 11.1 Å². The Bertz CT molecular complexity index is 1220. The molecule has 1 N–H and O–H groups in total. The van der Waals surface area contributed by atoms with Crippen molar-refractivity contribution in [3.63, 3.8) is 0 Å². The number of alkyl halides is 3. The number of nitrogens with one attached hydrogen (secondary N) is 1. The molecule has 9 nitrogen and oxygen atoms in total. The molecule has 0 saturated carbocycles. The SMILES string of the molecule is Cn1cc2c(C(=O)NC3COC(CCN4CCc5sc(OCC(F)(F)F)nc5C4)OC3)cccc2n1. The summed E-state index contributed by atoms with van der Waals surface area (Å²) in [5.74, 6) is -0.199. The van der Waals surface area contributed by atoms with Crippen LogP contribution in [0, 0.1) is 0 Å². The number of aromatic nitrogens is 3. The molecule has 13 heteroatoms. The molecular weight excluding hydrogens is 499 g/mol. The summed E-state index contributed by atoms with van der Waals surface area (Å²) < 4.78 is 55.3. The fraction of sp³-hybridized carbons (Fsp3) is 0.522. The number of fused-ring (bicyclic) bond motifs is 2. The average molecular weight is 526 g/mol. The number of aryl methyl sites for hydroxylation is 1. The van der Waals surface area contributed by atoms with Crippen LogP contribution in [0.5, 0.6) is 5.19 Å². The van der Waals surface area contributed by atoms with Gasteiger partial charge < -0.3 is 19.5 Å². The highest BCUT2D eigenvalue weighted by molar-refractivity contribution is 7.13. The van der Waals surface area contributed by atoms with Crippen molar-refractivity contribution in [1.82, 2.24) is 25.0 Å². The molecule has 4 heterocycles. The van der Waals surface area contributed by atoms with Crippen LogP contribution in [0.15, 0.2) is 24.4 Å². The van der Waals surface area contributed by atoms with Crippen LogP contribution in [0.4, 0.5) is 13.2 Å². The lowest BCUT2D eigenvalue weighted by Gasteiger charge is -2.32. The predicted molar refractivity (Wildman–Crippen MR) is 125 cm³/mol. The van der Waals surface area contributed by atoms with Crippen LogP contribution < -0.4 is 10.1 Å². The predicted octanol–water partition coefficient (Wildman–Crippen LogP) is 2.89. The number of hydrogen-bond acceptors (Lipinski definition) is 8. The van der Waals surface area contributed by atoms with E-state index in [0.29, 0.717) is 44.7 Å². The zero-order valence-corrected chi connectivity index (χ0v) is 20.4. The number of amides is 1. The maximum atomic E-state index is 12.8. The first-order chi connectivity index (χ1) is 17.2. The average Bonchev–Trinajstić information content (AvgIpc) is 3.43. The van der Waals surface area contributed by atoms with Crippen LogP contribution in [-0.2, 0) is 29.5 Å². The van der Waals surface area contributed by atoms with Gasteiger partial charge in [-0.25, -0.2) is 4.98 Å². The first kappa shape index (κ1) is 24.9. The minimum atomic E-state index is -4.38. The number of hydrogen-bond donors (Lipinski definition) is 1. The number of ether oxygens (including phenoxy) is 3. The Morgan fingerprint density at radius 3 is 2.89 bits per heavy atom. The summed E-state index contributed by atoms with van der Waals surface area (Å²) in [6, 6.07) is 5.18. The van der Waals surface area contributed by atoms with Crippen molar-refractivity contribution in [2.45, 2.75) is 37.9 Å². The Labute approximate surface area is 209 Å². The highest BCUT2D eigenvalue weighted by Crippen LogP contribution is 2.31. The standard InChI is InChI=1S/C23H26F3N5O4S/c1-30-9-16-15(3-2-4-17(16)29-30)21(32)27-14-11-33-20(34-12-14)6-8-31-7-5-19-18(10-31)28-22(36-19)35-13-23(24,25)26/h2-4,9,14,20H,5-8,10-13H2,1H3,(H,27,32). The van der Waals surface area contributed by atoms with Gasteiger partial charge in [0.15, 0.2) is 12.9 Å². The van der Waals surface area contributed by atoms with Crippen molar-refractivity contribution in [3.8, 4) is 5.19 Å². The Hall–Kier alpha value is -2.74. The summed E-state index contributed by atoms with van der Waals surface area (Å²) in [6.45, 7) is 1.37. The molecule has 0 spiro atoms. The number of carbonyl (C=O) groups is 1. The minimum absolute atomic E-state index is 0.0611. The van der Waals surface area contributed by atoms with Crippen LogP contribution in [0.2, 0.25) is 0 Å². The maximum Gasteiger partial charge on any atom is 0.422 e. The molecule has 1 fully saturated rings. The Morgan fingerprint density at radius 1 is 1.31 bits per heavy atom. The molecule has 5 rings (SSSR count). The Morgan fingerprint density at radius 2 is 2.11 bits per heavy atom. The number of rotatable bonds is 7. The van der Waals surface area contributed by atoms with Crippen molar-refractivity contribution in [3.05, 3.63) is 40.5 Å². The summed E-state index contributed by atoms with van der Waals surface area (Å²) in [6.07, 6.45) is -1.60. The molecule has 2 aliphatic heterocycles. The van der Waals surface area contributed by atoms with E-state index in [9.17, 15) is 18.0 Å². The van der Waals surface area contributed by atoms with Gasteiger partial charge in [0.2, 0.25) is 0 Å². The van der Waals surface area contributed by atoms with Crippen LogP contribution in [0.1, 0.15) is 27.3 Å². The van der Waals surface area contributed by atoms with E-state index in [4.69, 9.17) is 14.2 Å². The van der Waals surface area contributed by atoms with E-state index in [1.807, 2.05) is 19.3 Å². The fourth-order valence-corrected chi connectivity index (χ4v) is 5.23. The summed E-state index contributed by atoms with van der Waals surface area (Å²) in [4.78, 5) is 20.2. The van der Waals surface area contributed by atoms with Crippen molar-refractivity contribution < 1.29 is 32.2 Å².